The number of aromatic carboxylic acids is 1. The monoisotopic (exact) mass is 439 g/mol. The van der Waals surface area contributed by atoms with Crippen molar-refractivity contribution in [2.45, 2.75) is 6.92 Å². The van der Waals surface area contributed by atoms with Crippen LogP contribution in [0.3, 0.4) is 0 Å². The maximum absolute atomic E-state index is 12.5. The summed E-state index contributed by atoms with van der Waals surface area (Å²) in [6.07, 6.45) is 0. The molecule has 3 rings (SSSR count). The van der Waals surface area contributed by atoms with Gasteiger partial charge < -0.3 is 10.4 Å². The minimum absolute atomic E-state index is 0.0317. The lowest BCUT2D eigenvalue weighted by Crippen LogP contribution is -2.14. The van der Waals surface area contributed by atoms with Gasteiger partial charge in [0.2, 0.25) is 0 Å². The highest BCUT2D eigenvalue weighted by Crippen LogP contribution is 2.40. The molecule has 3 aromatic rings. The number of carbonyl (C=O) groups is 2. The van der Waals surface area contributed by atoms with Gasteiger partial charge in [-0.25, -0.2) is 4.79 Å². The number of rotatable bonds is 4. The molecule has 2 N–H and O–H groups in total. The predicted molar refractivity (Wildman–Crippen MR) is 111 cm³/mol. The molecule has 0 saturated carbocycles. The summed E-state index contributed by atoms with van der Waals surface area (Å²) in [5, 5.41) is 15.1. The zero-order valence-corrected chi connectivity index (χ0v) is 16.9. The molecule has 0 aliphatic heterocycles. The van der Waals surface area contributed by atoms with Crippen LogP contribution in [0.25, 0.3) is 10.4 Å². The Morgan fingerprint density at radius 3 is 2.41 bits per heavy atom. The predicted octanol–water partition coefficient (Wildman–Crippen LogP) is 6.63. The molecule has 0 aliphatic rings. The Morgan fingerprint density at radius 2 is 1.78 bits per heavy atom. The second kappa shape index (κ2) is 7.90. The summed E-state index contributed by atoms with van der Waals surface area (Å²) in [6.45, 7) is 1.83. The average Bonchev–Trinajstić information content (AvgIpc) is 3.00. The molecule has 1 heterocycles. The Balaban J connectivity index is 1.99. The highest BCUT2D eigenvalue weighted by molar-refractivity contribution is 7.14. The van der Waals surface area contributed by atoms with E-state index in [1.54, 1.807) is 29.6 Å². The van der Waals surface area contributed by atoms with E-state index in [-0.39, 0.29) is 11.3 Å². The number of amides is 1. The number of anilines is 1. The Labute approximate surface area is 174 Å². The van der Waals surface area contributed by atoms with Crippen LogP contribution >= 0.6 is 46.1 Å². The maximum Gasteiger partial charge on any atom is 0.339 e. The van der Waals surface area contributed by atoms with Crippen molar-refractivity contribution < 1.29 is 14.7 Å². The fourth-order valence-corrected chi connectivity index (χ4v) is 4.23. The minimum atomic E-state index is -1.17. The number of carboxylic acids is 1. The van der Waals surface area contributed by atoms with Crippen LogP contribution in [0.1, 0.15) is 26.3 Å². The second-order valence-corrected chi connectivity index (χ2v) is 7.83. The third-order valence-corrected chi connectivity index (χ3v) is 5.83. The quantitative estimate of drug-likeness (QED) is 0.478. The number of hydrogen-bond donors (Lipinski definition) is 2. The van der Waals surface area contributed by atoms with Gasteiger partial charge in [-0.3, -0.25) is 4.79 Å². The molecule has 2 aromatic carbocycles. The van der Waals surface area contributed by atoms with Crippen LogP contribution in [0.2, 0.25) is 15.1 Å². The number of aryl methyl sites for hydroxylation is 1. The molecule has 0 radical (unpaired) electrons. The highest BCUT2D eigenvalue weighted by Gasteiger charge is 2.23. The maximum atomic E-state index is 12.5. The standard InChI is InChI=1S/C19H12Cl3NO3S/c1-9-2-3-10(6-13(9)21)18(24)23-15-8-27-17(16(15)19(25)26)12-5-4-11(20)7-14(12)22/h2-8H,1H3,(H,23,24)(H,25,26). The Bertz CT molecular complexity index is 1060. The van der Waals surface area contributed by atoms with Gasteiger partial charge in [0, 0.05) is 26.6 Å². The van der Waals surface area contributed by atoms with Crippen molar-refractivity contribution >= 4 is 63.7 Å². The third-order valence-electron chi connectivity index (χ3n) is 3.86. The SMILES string of the molecule is Cc1ccc(C(=O)Nc2csc(-c3ccc(Cl)cc3Cl)c2C(=O)O)cc1Cl. The first-order chi connectivity index (χ1) is 12.8. The van der Waals surface area contributed by atoms with E-state index in [0.717, 1.165) is 5.56 Å². The largest absolute Gasteiger partial charge is 0.478 e. The van der Waals surface area contributed by atoms with Gasteiger partial charge in [0.05, 0.1) is 15.6 Å². The molecule has 0 spiro atoms. The van der Waals surface area contributed by atoms with Crippen molar-refractivity contribution in [3.8, 4) is 10.4 Å². The topological polar surface area (TPSA) is 66.4 Å². The Morgan fingerprint density at radius 1 is 1.04 bits per heavy atom. The van der Waals surface area contributed by atoms with Crippen LogP contribution < -0.4 is 5.32 Å². The first-order valence-corrected chi connectivity index (χ1v) is 9.67. The summed E-state index contributed by atoms with van der Waals surface area (Å²) in [5.41, 5.74) is 1.86. The number of carbonyl (C=O) groups excluding carboxylic acids is 1. The van der Waals surface area contributed by atoms with Gasteiger partial charge in [-0.05, 0) is 36.8 Å². The van der Waals surface area contributed by atoms with Crippen LogP contribution in [-0.4, -0.2) is 17.0 Å². The van der Waals surface area contributed by atoms with Crippen molar-refractivity contribution in [1.29, 1.82) is 0 Å². The summed E-state index contributed by atoms with van der Waals surface area (Å²) in [4.78, 5) is 24.8. The normalized spacial score (nSPS) is 10.7. The Kier molecular flexibility index (Phi) is 5.77. The molecule has 1 amide bonds. The van der Waals surface area contributed by atoms with Gasteiger partial charge in [-0.1, -0.05) is 46.9 Å². The van der Waals surface area contributed by atoms with Gasteiger partial charge in [0.1, 0.15) is 5.56 Å². The Hall–Kier alpha value is -2.05. The minimum Gasteiger partial charge on any atom is -0.478 e. The average molecular weight is 441 g/mol. The van der Waals surface area contributed by atoms with Gasteiger partial charge >= 0.3 is 5.97 Å². The van der Waals surface area contributed by atoms with E-state index in [2.05, 4.69) is 5.32 Å². The van der Waals surface area contributed by atoms with Crippen LogP contribution in [0.4, 0.5) is 5.69 Å². The lowest BCUT2D eigenvalue weighted by Gasteiger charge is -2.08. The van der Waals surface area contributed by atoms with Gasteiger partial charge in [-0.15, -0.1) is 11.3 Å². The molecule has 1 aromatic heterocycles. The van der Waals surface area contributed by atoms with Crippen LogP contribution in [0.5, 0.6) is 0 Å². The van der Waals surface area contributed by atoms with E-state index < -0.39 is 11.9 Å². The molecule has 0 saturated heterocycles. The number of benzene rings is 2. The zero-order valence-electron chi connectivity index (χ0n) is 13.8. The van der Waals surface area contributed by atoms with Crippen LogP contribution in [0, 0.1) is 6.92 Å². The molecule has 0 unspecified atom stereocenters. The van der Waals surface area contributed by atoms with Crippen molar-refractivity contribution in [3.05, 3.63) is 73.5 Å². The molecule has 27 heavy (non-hydrogen) atoms. The van der Waals surface area contributed by atoms with Gasteiger partial charge in [-0.2, -0.15) is 0 Å². The highest BCUT2D eigenvalue weighted by atomic mass is 35.5. The summed E-state index contributed by atoms with van der Waals surface area (Å²) >= 11 is 19.3. The van der Waals surface area contributed by atoms with E-state index in [1.807, 2.05) is 6.92 Å². The third kappa shape index (κ3) is 4.12. The number of carboxylic acid groups (broad SMARTS) is 1. The van der Waals surface area contributed by atoms with Crippen molar-refractivity contribution in [2.75, 3.05) is 5.32 Å². The first-order valence-electron chi connectivity index (χ1n) is 7.65. The molecule has 0 fully saturated rings. The molecular formula is C19H12Cl3NO3S. The van der Waals surface area contributed by atoms with Crippen LogP contribution in [0.15, 0.2) is 41.8 Å². The summed E-state index contributed by atoms with van der Waals surface area (Å²) < 4.78 is 0. The number of hydrogen-bond acceptors (Lipinski definition) is 3. The zero-order chi connectivity index (χ0) is 19.7. The number of halogens is 3. The smallest absolute Gasteiger partial charge is 0.339 e. The molecule has 4 nitrogen and oxygen atoms in total. The first kappa shape index (κ1) is 19.7. The molecular weight excluding hydrogens is 429 g/mol. The second-order valence-electron chi connectivity index (χ2n) is 5.70. The molecule has 0 bridgehead atoms. The fourth-order valence-electron chi connectivity index (χ4n) is 2.46. The summed E-state index contributed by atoms with van der Waals surface area (Å²) in [6, 6.07) is 9.70. The fraction of sp³-hybridized carbons (Fsp3) is 0.0526. The van der Waals surface area contributed by atoms with E-state index >= 15 is 0 Å². The molecule has 138 valence electrons. The number of nitrogens with one attached hydrogen (secondary N) is 1. The van der Waals surface area contributed by atoms with Gasteiger partial charge in [0.25, 0.3) is 5.91 Å². The van der Waals surface area contributed by atoms with E-state index in [1.165, 1.54) is 23.5 Å². The van der Waals surface area contributed by atoms with E-state index in [0.29, 0.717) is 31.1 Å². The van der Waals surface area contributed by atoms with Crippen molar-refractivity contribution in [1.82, 2.24) is 0 Å². The molecule has 0 atom stereocenters. The molecule has 0 aliphatic carbocycles. The summed E-state index contributed by atoms with van der Waals surface area (Å²) in [7, 11) is 0. The van der Waals surface area contributed by atoms with E-state index in [9.17, 15) is 14.7 Å². The summed E-state index contributed by atoms with van der Waals surface area (Å²) in [5.74, 6) is -1.62. The van der Waals surface area contributed by atoms with Crippen molar-refractivity contribution in [3.63, 3.8) is 0 Å². The number of thiophene rings is 1. The molecule has 8 heteroatoms. The van der Waals surface area contributed by atoms with Crippen molar-refractivity contribution in [2.24, 2.45) is 0 Å². The lowest BCUT2D eigenvalue weighted by molar-refractivity contribution is 0.0699. The van der Waals surface area contributed by atoms with Gasteiger partial charge in [0.15, 0.2) is 0 Å². The lowest BCUT2D eigenvalue weighted by atomic mass is 10.1. The van der Waals surface area contributed by atoms with E-state index in [4.69, 9.17) is 34.8 Å². The van der Waals surface area contributed by atoms with Crippen LogP contribution in [-0.2, 0) is 0 Å².